The van der Waals surface area contributed by atoms with E-state index in [1.807, 2.05) is 0 Å². The third-order valence-corrected chi connectivity index (χ3v) is 16.5. The van der Waals surface area contributed by atoms with Gasteiger partial charge in [0.05, 0.1) is 10.8 Å². The van der Waals surface area contributed by atoms with Crippen LogP contribution < -0.4 is 9.64 Å². The van der Waals surface area contributed by atoms with Crippen molar-refractivity contribution < 1.29 is 4.74 Å². The Balaban J connectivity index is 0.869. The lowest BCUT2D eigenvalue weighted by molar-refractivity contribution is 0.447. The van der Waals surface area contributed by atoms with E-state index in [2.05, 4.69) is 266 Å². The predicted octanol–water partition coefficient (Wildman–Crippen LogP) is 17.9. The number of anilines is 3. The molecule has 0 atom stereocenters. The Morgan fingerprint density at radius 1 is 0.264 bits per heavy atom. The molecule has 0 aromatic heterocycles. The van der Waals surface area contributed by atoms with Crippen molar-refractivity contribution in [3.63, 3.8) is 0 Å². The molecule has 1 heterocycles. The van der Waals surface area contributed by atoms with Crippen molar-refractivity contribution in [3.05, 3.63) is 305 Å². The molecule has 12 aromatic carbocycles. The predicted molar refractivity (Wildman–Crippen MR) is 295 cm³/mol. The van der Waals surface area contributed by atoms with Crippen molar-refractivity contribution in [1.29, 1.82) is 0 Å². The first kappa shape index (κ1) is 39.6. The van der Waals surface area contributed by atoms with Crippen LogP contribution >= 0.6 is 0 Å². The molecule has 0 amide bonds. The standard InChI is InChI=1S/C70H43NO/c1-2-19-47(20-3-1)71(49-39-42-62-57(43-49)55-25-10-14-30-60(55)69(62)58-28-12-8-23-53(58)54-24-9-13-29-59(54)69)48-37-33-46(34-38-48)50-27-16-32-63-66(50)56-26-11-15-31-61(56)70(63)64-40-35-44-17-4-6-21-51(44)67(64)72-68-52-22-7-5-18-45(52)36-41-65(68)70/h1-43H. The summed E-state index contributed by atoms with van der Waals surface area (Å²) in [6.07, 6.45) is 0. The van der Waals surface area contributed by atoms with Gasteiger partial charge in [-0.2, -0.15) is 0 Å². The summed E-state index contributed by atoms with van der Waals surface area (Å²) in [7, 11) is 0. The van der Waals surface area contributed by atoms with Crippen molar-refractivity contribution in [3.8, 4) is 56.0 Å². The normalized spacial score (nSPS) is 14.2. The van der Waals surface area contributed by atoms with Crippen LogP contribution in [0.25, 0.3) is 66.1 Å². The molecular formula is C70H43NO. The highest BCUT2D eigenvalue weighted by Gasteiger charge is 2.53. The largest absolute Gasteiger partial charge is 0.455 e. The number of ether oxygens (including phenoxy) is 1. The van der Waals surface area contributed by atoms with E-state index >= 15 is 0 Å². The van der Waals surface area contributed by atoms with Gasteiger partial charge in [0, 0.05) is 39.0 Å². The smallest absolute Gasteiger partial charge is 0.140 e. The molecule has 0 radical (unpaired) electrons. The van der Waals surface area contributed by atoms with Crippen LogP contribution in [0.15, 0.2) is 261 Å². The highest BCUT2D eigenvalue weighted by molar-refractivity contribution is 6.03. The first-order chi connectivity index (χ1) is 35.7. The van der Waals surface area contributed by atoms with Crippen LogP contribution in [-0.2, 0) is 10.8 Å². The molecular weight excluding hydrogens is 871 g/mol. The Labute approximate surface area is 418 Å². The molecule has 3 aliphatic carbocycles. The van der Waals surface area contributed by atoms with Gasteiger partial charge >= 0.3 is 0 Å². The SMILES string of the molecule is c1ccc(N(c2ccc(-c3cccc4c3-c3ccccc3C43c4ccc5ccccc5c4Oc4c3ccc3ccccc43)cc2)c2ccc3c(c2)-c2ccccc2C32c3ccccc3-c3ccccc32)cc1. The van der Waals surface area contributed by atoms with Crippen LogP contribution in [-0.4, -0.2) is 0 Å². The summed E-state index contributed by atoms with van der Waals surface area (Å²) in [4.78, 5) is 2.42. The number of hydrogen-bond acceptors (Lipinski definition) is 2. The molecule has 0 fully saturated rings. The van der Waals surface area contributed by atoms with E-state index < -0.39 is 5.41 Å². The average Bonchev–Trinajstić information content (AvgIpc) is 4.04. The summed E-state index contributed by atoms with van der Waals surface area (Å²) < 4.78 is 7.23. The third-order valence-electron chi connectivity index (χ3n) is 16.5. The summed E-state index contributed by atoms with van der Waals surface area (Å²) in [5.41, 5.74) is 22.7. The molecule has 12 aromatic rings. The second-order valence-electron chi connectivity index (χ2n) is 19.8. The monoisotopic (exact) mass is 913 g/mol. The number of benzene rings is 12. The van der Waals surface area contributed by atoms with Crippen molar-refractivity contribution in [2.75, 3.05) is 4.90 Å². The van der Waals surface area contributed by atoms with Gasteiger partial charge in [0.15, 0.2) is 0 Å². The summed E-state index contributed by atoms with van der Waals surface area (Å²) in [6, 6.07) is 96.9. The fraction of sp³-hybridized carbons (Fsp3) is 0.0286. The minimum atomic E-state index is -0.615. The molecule has 0 N–H and O–H groups in total. The molecule has 16 rings (SSSR count). The summed E-state index contributed by atoms with van der Waals surface area (Å²) in [6.45, 7) is 0. The zero-order valence-corrected chi connectivity index (χ0v) is 39.2. The van der Waals surface area contributed by atoms with E-state index in [0.717, 1.165) is 39.3 Å². The van der Waals surface area contributed by atoms with Crippen LogP contribution in [0.1, 0.15) is 44.5 Å². The minimum absolute atomic E-state index is 0.388. The summed E-state index contributed by atoms with van der Waals surface area (Å²) in [5, 5.41) is 4.57. The Morgan fingerprint density at radius 3 is 1.29 bits per heavy atom. The van der Waals surface area contributed by atoms with Gasteiger partial charge < -0.3 is 9.64 Å². The zero-order valence-electron chi connectivity index (χ0n) is 39.2. The number of hydrogen-bond donors (Lipinski definition) is 0. The second kappa shape index (κ2) is 14.6. The topological polar surface area (TPSA) is 12.5 Å². The van der Waals surface area contributed by atoms with Gasteiger partial charge in [0.25, 0.3) is 0 Å². The fourth-order valence-corrected chi connectivity index (χ4v) is 13.7. The van der Waals surface area contributed by atoms with Gasteiger partial charge in [-0.1, -0.05) is 224 Å². The highest BCUT2D eigenvalue weighted by Crippen LogP contribution is 2.66. The van der Waals surface area contributed by atoms with Crippen LogP contribution in [0.4, 0.5) is 17.1 Å². The molecule has 2 spiro atoms. The number of para-hydroxylation sites is 1. The Morgan fingerprint density at radius 2 is 0.681 bits per heavy atom. The van der Waals surface area contributed by atoms with Crippen molar-refractivity contribution in [2.45, 2.75) is 10.8 Å². The number of rotatable bonds is 4. The Kier molecular flexibility index (Phi) is 8.05. The molecule has 72 heavy (non-hydrogen) atoms. The molecule has 1 aliphatic heterocycles. The van der Waals surface area contributed by atoms with E-state index in [1.165, 1.54) is 99.8 Å². The molecule has 4 aliphatic rings. The second-order valence-corrected chi connectivity index (χ2v) is 19.8. The van der Waals surface area contributed by atoms with Crippen molar-refractivity contribution in [2.24, 2.45) is 0 Å². The van der Waals surface area contributed by atoms with Gasteiger partial charge in [-0.05, 0) is 125 Å². The molecule has 2 nitrogen and oxygen atoms in total. The molecule has 2 heteroatoms. The van der Waals surface area contributed by atoms with E-state index in [9.17, 15) is 0 Å². The number of nitrogens with zero attached hydrogens (tertiary/aromatic N) is 1. The fourth-order valence-electron chi connectivity index (χ4n) is 13.7. The molecule has 0 bridgehead atoms. The maximum atomic E-state index is 7.23. The van der Waals surface area contributed by atoms with Gasteiger partial charge in [-0.25, -0.2) is 0 Å². The van der Waals surface area contributed by atoms with Crippen LogP contribution in [0, 0.1) is 0 Å². The molecule has 0 saturated heterocycles. The lowest BCUT2D eigenvalue weighted by Gasteiger charge is -2.40. The summed E-state index contributed by atoms with van der Waals surface area (Å²) in [5.74, 6) is 1.86. The molecule has 0 saturated carbocycles. The van der Waals surface area contributed by atoms with Gasteiger partial charge in [-0.15, -0.1) is 0 Å². The van der Waals surface area contributed by atoms with Gasteiger partial charge in [0.2, 0.25) is 0 Å². The third kappa shape index (κ3) is 5.03. The van der Waals surface area contributed by atoms with E-state index in [-0.39, 0.29) is 5.41 Å². The van der Waals surface area contributed by atoms with Crippen molar-refractivity contribution in [1.82, 2.24) is 0 Å². The van der Waals surface area contributed by atoms with Crippen LogP contribution in [0.3, 0.4) is 0 Å². The minimum Gasteiger partial charge on any atom is -0.455 e. The maximum absolute atomic E-state index is 7.23. The Hall–Kier alpha value is -9.24. The summed E-state index contributed by atoms with van der Waals surface area (Å²) >= 11 is 0. The first-order valence-electron chi connectivity index (χ1n) is 25.1. The van der Waals surface area contributed by atoms with E-state index in [1.54, 1.807) is 0 Å². The lowest BCUT2D eigenvalue weighted by atomic mass is 9.65. The highest BCUT2D eigenvalue weighted by atomic mass is 16.5. The van der Waals surface area contributed by atoms with Crippen molar-refractivity contribution >= 4 is 38.6 Å². The average molecular weight is 914 g/mol. The number of fused-ring (bicyclic) bond motifs is 23. The molecule has 334 valence electrons. The first-order valence-corrected chi connectivity index (χ1v) is 25.1. The van der Waals surface area contributed by atoms with Gasteiger partial charge in [-0.3, -0.25) is 0 Å². The van der Waals surface area contributed by atoms with Crippen LogP contribution in [0.5, 0.6) is 11.5 Å². The quantitative estimate of drug-likeness (QED) is 0.174. The molecule has 0 unspecified atom stereocenters. The van der Waals surface area contributed by atoms with E-state index in [0.29, 0.717) is 0 Å². The van der Waals surface area contributed by atoms with Gasteiger partial charge in [0.1, 0.15) is 11.5 Å². The van der Waals surface area contributed by atoms with E-state index in [4.69, 9.17) is 4.74 Å². The zero-order chi connectivity index (χ0) is 47.1. The Bertz CT molecular complexity index is 4130. The van der Waals surface area contributed by atoms with Crippen LogP contribution in [0.2, 0.25) is 0 Å². The lowest BCUT2D eigenvalue weighted by Crippen LogP contribution is -2.32. The maximum Gasteiger partial charge on any atom is 0.140 e.